The Bertz CT molecular complexity index is 514. The molecule has 1 saturated heterocycles. The molecule has 0 amide bonds. The molecule has 3 rings (SSSR count). The summed E-state index contributed by atoms with van der Waals surface area (Å²) in [7, 11) is 0. The van der Waals surface area contributed by atoms with Gasteiger partial charge in [0.2, 0.25) is 0 Å². The van der Waals surface area contributed by atoms with Gasteiger partial charge in [0, 0.05) is 11.9 Å². The first kappa shape index (κ1) is 11.9. The number of ether oxygens (including phenoxy) is 1. The number of aromatic nitrogens is 3. The van der Waals surface area contributed by atoms with Crippen LogP contribution < -0.4 is 0 Å². The van der Waals surface area contributed by atoms with Gasteiger partial charge < -0.3 is 19.9 Å². The van der Waals surface area contributed by atoms with Crippen molar-refractivity contribution >= 4 is 22.8 Å². The molecule has 7 heteroatoms. The van der Waals surface area contributed by atoms with Gasteiger partial charge in [0.1, 0.15) is 12.2 Å². The van der Waals surface area contributed by atoms with E-state index in [1.165, 1.54) is 11.8 Å². The first-order valence-electron chi connectivity index (χ1n) is 5.64. The van der Waals surface area contributed by atoms with E-state index in [-0.39, 0.29) is 12.7 Å². The van der Waals surface area contributed by atoms with Crippen LogP contribution in [0.2, 0.25) is 0 Å². The van der Waals surface area contributed by atoms with Gasteiger partial charge in [-0.1, -0.05) is 11.8 Å². The van der Waals surface area contributed by atoms with Crippen LogP contribution >= 0.6 is 11.8 Å². The first-order chi connectivity index (χ1) is 8.74. The van der Waals surface area contributed by atoms with Gasteiger partial charge in [-0.2, -0.15) is 0 Å². The summed E-state index contributed by atoms with van der Waals surface area (Å²) in [6, 6.07) is 1.83. The lowest BCUT2D eigenvalue weighted by atomic mass is 10.2. The third-order valence-corrected chi connectivity index (χ3v) is 3.86. The lowest BCUT2D eigenvalue weighted by Crippen LogP contribution is -2.31. The van der Waals surface area contributed by atoms with Crippen LogP contribution in [0, 0.1) is 0 Å². The molecule has 18 heavy (non-hydrogen) atoms. The second kappa shape index (κ2) is 4.85. The van der Waals surface area contributed by atoms with Crippen LogP contribution in [0.5, 0.6) is 0 Å². The Balaban J connectivity index is 1.66. The second-order valence-corrected chi connectivity index (χ2v) is 5.18. The number of aliphatic hydroxyl groups excluding tert-OH is 2. The molecule has 3 N–H and O–H groups in total. The standard InChI is InChI=1S/C11H13N3O3S/c15-8-4-17-9(10(8)16)5-18-11-13-6-1-2-12-3-7(6)14-11/h1-3,8-10,15-16H,4-5H2,(H,13,14). The van der Waals surface area contributed by atoms with E-state index in [9.17, 15) is 10.2 Å². The van der Waals surface area contributed by atoms with Crippen molar-refractivity contribution in [2.24, 2.45) is 0 Å². The molecule has 0 spiro atoms. The summed E-state index contributed by atoms with van der Waals surface area (Å²) in [6.45, 7) is 0.191. The van der Waals surface area contributed by atoms with Gasteiger partial charge >= 0.3 is 0 Å². The third kappa shape index (κ3) is 2.22. The van der Waals surface area contributed by atoms with Gasteiger partial charge in [-0.25, -0.2) is 4.98 Å². The maximum Gasteiger partial charge on any atom is 0.166 e. The number of H-pyrrole nitrogens is 1. The molecule has 6 nitrogen and oxygen atoms in total. The van der Waals surface area contributed by atoms with Crippen LogP contribution in [0.15, 0.2) is 23.6 Å². The van der Waals surface area contributed by atoms with Crippen molar-refractivity contribution in [1.82, 2.24) is 15.0 Å². The Hall–Kier alpha value is -1.15. The summed E-state index contributed by atoms with van der Waals surface area (Å²) in [6.07, 6.45) is 1.46. The van der Waals surface area contributed by atoms with Crippen molar-refractivity contribution in [3.8, 4) is 0 Å². The van der Waals surface area contributed by atoms with Crippen molar-refractivity contribution in [3.63, 3.8) is 0 Å². The Kier molecular flexibility index (Phi) is 3.21. The molecule has 0 radical (unpaired) electrons. The SMILES string of the molecule is OC1COC(CSc2nc3ccncc3[nH]2)C1O. The van der Waals surface area contributed by atoms with Gasteiger partial charge in [-0.05, 0) is 6.07 Å². The predicted molar refractivity (Wildman–Crippen MR) is 66.4 cm³/mol. The summed E-state index contributed by atoms with van der Waals surface area (Å²) in [5.74, 6) is 0.547. The fourth-order valence-corrected chi connectivity index (χ4v) is 2.84. The number of hydrogen-bond donors (Lipinski definition) is 3. The van der Waals surface area contributed by atoms with Gasteiger partial charge in [0.25, 0.3) is 0 Å². The van der Waals surface area contributed by atoms with E-state index in [1.807, 2.05) is 6.07 Å². The number of rotatable bonds is 3. The van der Waals surface area contributed by atoms with Crippen molar-refractivity contribution in [3.05, 3.63) is 18.5 Å². The summed E-state index contributed by atoms with van der Waals surface area (Å²) in [5, 5.41) is 19.8. The first-order valence-corrected chi connectivity index (χ1v) is 6.63. The predicted octanol–water partition coefficient (Wildman–Crippen LogP) is 0.171. The summed E-state index contributed by atoms with van der Waals surface area (Å²) >= 11 is 1.46. The molecule has 0 bridgehead atoms. The molecule has 1 aliphatic heterocycles. The molecule has 2 aromatic rings. The molecule has 1 aliphatic rings. The van der Waals surface area contributed by atoms with Crippen LogP contribution in [0.4, 0.5) is 0 Å². The minimum Gasteiger partial charge on any atom is -0.388 e. The smallest absolute Gasteiger partial charge is 0.166 e. The lowest BCUT2D eigenvalue weighted by Gasteiger charge is -2.13. The number of thioether (sulfide) groups is 1. The van der Waals surface area contributed by atoms with Crippen molar-refractivity contribution < 1.29 is 14.9 Å². The molecule has 1 fully saturated rings. The fourth-order valence-electron chi connectivity index (χ4n) is 1.88. The number of nitrogens with zero attached hydrogens (tertiary/aromatic N) is 2. The van der Waals surface area contributed by atoms with Crippen LogP contribution in [0.1, 0.15) is 0 Å². The zero-order valence-electron chi connectivity index (χ0n) is 9.48. The third-order valence-electron chi connectivity index (χ3n) is 2.90. The Labute approximate surface area is 107 Å². The normalized spacial score (nSPS) is 28.0. The Morgan fingerprint density at radius 1 is 1.50 bits per heavy atom. The number of hydrogen-bond acceptors (Lipinski definition) is 6. The van der Waals surface area contributed by atoms with E-state index in [1.54, 1.807) is 12.4 Å². The van der Waals surface area contributed by atoms with E-state index >= 15 is 0 Å². The fraction of sp³-hybridized carbons (Fsp3) is 0.455. The Morgan fingerprint density at radius 2 is 2.39 bits per heavy atom. The van der Waals surface area contributed by atoms with Crippen LogP contribution in [-0.2, 0) is 4.74 Å². The minimum atomic E-state index is -0.816. The summed E-state index contributed by atoms with van der Waals surface area (Å²) < 4.78 is 5.30. The lowest BCUT2D eigenvalue weighted by molar-refractivity contribution is 0.0337. The summed E-state index contributed by atoms with van der Waals surface area (Å²) in [4.78, 5) is 11.5. The maximum atomic E-state index is 9.65. The molecule has 3 unspecified atom stereocenters. The quantitative estimate of drug-likeness (QED) is 0.687. The molecule has 2 aromatic heterocycles. The molecule has 0 aromatic carbocycles. The largest absolute Gasteiger partial charge is 0.388 e. The van der Waals surface area contributed by atoms with Crippen molar-refractivity contribution in [2.45, 2.75) is 23.5 Å². The van der Waals surface area contributed by atoms with Gasteiger partial charge in [-0.3, -0.25) is 4.98 Å². The molecule has 0 saturated carbocycles. The van der Waals surface area contributed by atoms with Gasteiger partial charge in [0.05, 0.1) is 29.9 Å². The number of imidazole rings is 1. The highest BCUT2D eigenvalue weighted by Gasteiger charge is 2.34. The average molecular weight is 267 g/mol. The zero-order chi connectivity index (χ0) is 12.5. The van der Waals surface area contributed by atoms with E-state index in [2.05, 4.69) is 15.0 Å². The maximum absolute atomic E-state index is 9.65. The van der Waals surface area contributed by atoms with E-state index in [0.29, 0.717) is 5.75 Å². The van der Waals surface area contributed by atoms with Crippen LogP contribution in [0.25, 0.3) is 11.0 Å². The van der Waals surface area contributed by atoms with E-state index in [4.69, 9.17) is 4.74 Å². The van der Waals surface area contributed by atoms with Crippen LogP contribution in [-0.4, -0.2) is 55.8 Å². The second-order valence-electron chi connectivity index (χ2n) is 4.18. The Morgan fingerprint density at radius 3 is 3.11 bits per heavy atom. The number of nitrogens with one attached hydrogen (secondary N) is 1. The van der Waals surface area contributed by atoms with Gasteiger partial charge in [0.15, 0.2) is 5.16 Å². The molecular formula is C11H13N3O3S. The molecule has 3 heterocycles. The highest BCUT2D eigenvalue weighted by molar-refractivity contribution is 7.99. The monoisotopic (exact) mass is 267 g/mol. The average Bonchev–Trinajstić information content (AvgIpc) is 2.92. The topological polar surface area (TPSA) is 91.3 Å². The summed E-state index contributed by atoms with van der Waals surface area (Å²) in [5.41, 5.74) is 1.74. The van der Waals surface area contributed by atoms with Crippen molar-refractivity contribution in [1.29, 1.82) is 0 Å². The highest BCUT2D eigenvalue weighted by atomic mass is 32.2. The number of aliphatic hydroxyl groups is 2. The zero-order valence-corrected chi connectivity index (χ0v) is 10.3. The molecule has 3 atom stereocenters. The van der Waals surface area contributed by atoms with Gasteiger partial charge in [-0.15, -0.1) is 0 Å². The highest BCUT2D eigenvalue weighted by Crippen LogP contribution is 2.24. The molecular weight excluding hydrogens is 254 g/mol. The number of pyridine rings is 1. The number of fused-ring (bicyclic) bond motifs is 1. The minimum absolute atomic E-state index is 0.191. The molecule has 0 aliphatic carbocycles. The number of aromatic amines is 1. The van der Waals surface area contributed by atoms with E-state index in [0.717, 1.165) is 16.2 Å². The van der Waals surface area contributed by atoms with Crippen LogP contribution in [0.3, 0.4) is 0 Å². The van der Waals surface area contributed by atoms with E-state index < -0.39 is 12.2 Å². The molecule has 96 valence electrons. The van der Waals surface area contributed by atoms with Crippen molar-refractivity contribution in [2.75, 3.05) is 12.4 Å².